The topological polar surface area (TPSA) is 64.3 Å². The molecule has 6 heteroatoms. The predicted octanol–water partition coefficient (Wildman–Crippen LogP) is 2.08. The number of hydrogen-bond acceptors (Lipinski definition) is 3. The standard InChI is InChI=1S/C15H14F2N2O2/c16-12-5-6-14(13(17)8-12)21-9-11-3-1-10(2-4-11)7-15(20)19-18/h1-6,8H,7,9,18H2,(H,19,20). The number of carbonyl (C=O) groups is 1. The molecule has 0 fully saturated rings. The Bertz CT molecular complexity index is 630. The summed E-state index contributed by atoms with van der Waals surface area (Å²) in [6.45, 7) is 0.145. The van der Waals surface area contributed by atoms with Crippen LogP contribution in [0.5, 0.6) is 5.75 Å². The van der Waals surface area contributed by atoms with Gasteiger partial charge < -0.3 is 4.74 Å². The zero-order chi connectivity index (χ0) is 15.2. The van der Waals surface area contributed by atoms with Gasteiger partial charge in [-0.2, -0.15) is 0 Å². The van der Waals surface area contributed by atoms with E-state index in [-0.39, 0.29) is 24.7 Å². The van der Waals surface area contributed by atoms with Gasteiger partial charge in [0.05, 0.1) is 6.42 Å². The predicted molar refractivity (Wildman–Crippen MR) is 73.2 cm³/mol. The zero-order valence-electron chi connectivity index (χ0n) is 11.1. The lowest BCUT2D eigenvalue weighted by atomic mass is 10.1. The van der Waals surface area contributed by atoms with E-state index in [0.29, 0.717) is 0 Å². The van der Waals surface area contributed by atoms with E-state index in [1.165, 1.54) is 6.07 Å². The van der Waals surface area contributed by atoms with Crippen LogP contribution in [0.1, 0.15) is 11.1 Å². The van der Waals surface area contributed by atoms with Gasteiger partial charge in [-0.25, -0.2) is 14.6 Å². The number of nitrogens with two attached hydrogens (primary N) is 1. The van der Waals surface area contributed by atoms with Crippen molar-refractivity contribution in [2.75, 3.05) is 0 Å². The molecule has 0 radical (unpaired) electrons. The third-order valence-corrected chi connectivity index (χ3v) is 2.84. The number of benzene rings is 2. The average molecular weight is 292 g/mol. The summed E-state index contributed by atoms with van der Waals surface area (Å²) in [6.07, 6.45) is 0.185. The molecule has 2 aromatic rings. The quantitative estimate of drug-likeness (QED) is 0.504. The molecule has 2 aromatic carbocycles. The van der Waals surface area contributed by atoms with E-state index in [0.717, 1.165) is 23.3 Å². The lowest BCUT2D eigenvalue weighted by Crippen LogP contribution is -2.31. The van der Waals surface area contributed by atoms with E-state index in [1.54, 1.807) is 24.3 Å². The molecule has 0 saturated heterocycles. The molecule has 0 saturated carbocycles. The number of amides is 1. The number of carbonyl (C=O) groups excluding carboxylic acids is 1. The van der Waals surface area contributed by atoms with Gasteiger partial charge in [-0.1, -0.05) is 24.3 Å². The van der Waals surface area contributed by atoms with E-state index in [9.17, 15) is 13.6 Å². The molecule has 0 heterocycles. The minimum atomic E-state index is -0.744. The van der Waals surface area contributed by atoms with Crippen LogP contribution >= 0.6 is 0 Å². The second-order valence-corrected chi connectivity index (χ2v) is 4.42. The Morgan fingerprint density at radius 1 is 1.10 bits per heavy atom. The molecule has 0 atom stereocenters. The third-order valence-electron chi connectivity index (χ3n) is 2.84. The second kappa shape index (κ2) is 6.81. The number of ether oxygens (including phenoxy) is 1. The van der Waals surface area contributed by atoms with Crippen molar-refractivity contribution in [1.82, 2.24) is 5.43 Å². The smallest absolute Gasteiger partial charge is 0.238 e. The SMILES string of the molecule is NNC(=O)Cc1ccc(COc2ccc(F)cc2F)cc1. The van der Waals surface area contributed by atoms with E-state index >= 15 is 0 Å². The Balaban J connectivity index is 1.96. The van der Waals surface area contributed by atoms with Gasteiger partial charge in [0.1, 0.15) is 12.4 Å². The van der Waals surface area contributed by atoms with Gasteiger partial charge in [-0.05, 0) is 23.3 Å². The molecule has 3 N–H and O–H groups in total. The monoisotopic (exact) mass is 292 g/mol. The van der Waals surface area contributed by atoms with Crippen LogP contribution in [0.3, 0.4) is 0 Å². The summed E-state index contributed by atoms with van der Waals surface area (Å²) in [7, 11) is 0. The summed E-state index contributed by atoms with van der Waals surface area (Å²) in [5, 5.41) is 0. The van der Waals surface area contributed by atoms with Crippen molar-refractivity contribution < 1.29 is 18.3 Å². The Labute approximate surface area is 120 Å². The van der Waals surface area contributed by atoms with E-state index in [4.69, 9.17) is 10.6 Å². The number of hydrogen-bond donors (Lipinski definition) is 2. The highest BCUT2D eigenvalue weighted by molar-refractivity contribution is 5.77. The molecule has 0 aromatic heterocycles. The summed E-state index contributed by atoms with van der Waals surface area (Å²) >= 11 is 0. The Hall–Kier alpha value is -2.47. The third kappa shape index (κ3) is 4.25. The van der Waals surface area contributed by atoms with Crippen molar-refractivity contribution in [3.63, 3.8) is 0 Å². The number of nitrogens with one attached hydrogen (secondary N) is 1. The van der Waals surface area contributed by atoms with Gasteiger partial charge in [0.25, 0.3) is 0 Å². The molecule has 0 aliphatic heterocycles. The van der Waals surface area contributed by atoms with E-state index in [2.05, 4.69) is 0 Å². The first-order chi connectivity index (χ1) is 10.1. The number of rotatable bonds is 5. The largest absolute Gasteiger partial charge is 0.486 e. The summed E-state index contributed by atoms with van der Waals surface area (Å²) in [6, 6.07) is 10.2. The van der Waals surface area contributed by atoms with Crippen LogP contribution in [-0.2, 0) is 17.8 Å². The fourth-order valence-electron chi connectivity index (χ4n) is 1.74. The molecule has 0 bridgehead atoms. The lowest BCUT2D eigenvalue weighted by molar-refractivity contribution is -0.120. The highest BCUT2D eigenvalue weighted by Crippen LogP contribution is 2.19. The van der Waals surface area contributed by atoms with Crippen LogP contribution in [0.4, 0.5) is 8.78 Å². The summed E-state index contributed by atoms with van der Waals surface area (Å²) in [5.41, 5.74) is 3.65. The molecule has 110 valence electrons. The molecular weight excluding hydrogens is 278 g/mol. The molecule has 4 nitrogen and oxygen atoms in total. The Kier molecular flexibility index (Phi) is 4.84. The van der Waals surface area contributed by atoms with Gasteiger partial charge in [-0.3, -0.25) is 10.2 Å². The maximum Gasteiger partial charge on any atom is 0.238 e. The number of hydrazine groups is 1. The normalized spacial score (nSPS) is 10.2. The van der Waals surface area contributed by atoms with Gasteiger partial charge >= 0.3 is 0 Å². The van der Waals surface area contributed by atoms with E-state index in [1.807, 2.05) is 5.43 Å². The van der Waals surface area contributed by atoms with Crippen molar-refractivity contribution in [1.29, 1.82) is 0 Å². The fraction of sp³-hybridized carbons (Fsp3) is 0.133. The van der Waals surface area contributed by atoms with Crippen LogP contribution < -0.4 is 16.0 Å². The minimum absolute atomic E-state index is 0.0111. The molecule has 1 amide bonds. The van der Waals surface area contributed by atoms with Gasteiger partial charge in [-0.15, -0.1) is 0 Å². The zero-order valence-corrected chi connectivity index (χ0v) is 11.1. The van der Waals surface area contributed by atoms with Gasteiger partial charge in [0, 0.05) is 6.07 Å². The van der Waals surface area contributed by atoms with Crippen molar-refractivity contribution in [2.24, 2.45) is 5.84 Å². The second-order valence-electron chi connectivity index (χ2n) is 4.42. The molecule has 0 spiro atoms. The molecular formula is C15H14F2N2O2. The maximum atomic E-state index is 13.4. The first-order valence-electron chi connectivity index (χ1n) is 6.23. The van der Waals surface area contributed by atoms with Crippen molar-refractivity contribution in [3.8, 4) is 5.75 Å². The van der Waals surface area contributed by atoms with Crippen molar-refractivity contribution in [3.05, 3.63) is 65.2 Å². The molecule has 0 aliphatic rings. The summed E-state index contributed by atoms with van der Waals surface area (Å²) in [5.74, 6) is 3.31. The lowest BCUT2D eigenvalue weighted by Gasteiger charge is -2.08. The molecule has 0 aliphatic carbocycles. The van der Waals surface area contributed by atoms with Crippen LogP contribution in [0.2, 0.25) is 0 Å². The first kappa shape index (κ1) is 14.9. The van der Waals surface area contributed by atoms with Crippen molar-refractivity contribution >= 4 is 5.91 Å². The molecule has 0 unspecified atom stereocenters. The highest BCUT2D eigenvalue weighted by atomic mass is 19.1. The minimum Gasteiger partial charge on any atom is -0.486 e. The van der Waals surface area contributed by atoms with Crippen molar-refractivity contribution in [2.45, 2.75) is 13.0 Å². The maximum absolute atomic E-state index is 13.4. The van der Waals surface area contributed by atoms with E-state index < -0.39 is 11.6 Å². The van der Waals surface area contributed by atoms with Gasteiger partial charge in [0.2, 0.25) is 5.91 Å². The summed E-state index contributed by atoms with van der Waals surface area (Å²) in [4.78, 5) is 11.1. The van der Waals surface area contributed by atoms with Crippen LogP contribution in [0.25, 0.3) is 0 Å². The number of halogens is 2. The fourth-order valence-corrected chi connectivity index (χ4v) is 1.74. The highest BCUT2D eigenvalue weighted by Gasteiger charge is 2.06. The Morgan fingerprint density at radius 2 is 1.76 bits per heavy atom. The molecule has 21 heavy (non-hydrogen) atoms. The first-order valence-corrected chi connectivity index (χ1v) is 6.23. The Morgan fingerprint density at radius 3 is 2.38 bits per heavy atom. The summed E-state index contributed by atoms with van der Waals surface area (Å²) < 4.78 is 31.4. The van der Waals surface area contributed by atoms with Crippen LogP contribution in [0.15, 0.2) is 42.5 Å². The van der Waals surface area contributed by atoms with Gasteiger partial charge in [0.15, 0.2) is 11.6 Å². The van der Waals surface area contributed by atoms with Crippen LogP contribution in [-0.4, -0.2) is 5.91 Å². The molecule has 2 rings (SSSR count). The average Bonchev–Trinajstić information content (AvgIpc) is 2.48. The van der Waals surface area contributed by atoms with Crippen LogP contribution in [0, 0.1) is 11.6 Å².